The Morgan fingerprint density at radius 1 is 1.32 bits per heavy atom. The highest BCUT2D eigenvalue weighted by Crippen LogP contribution is 2.24. The summed E-state index contributed by atoms with van der Waals surface area (Å²) in [6, 6.07) is 3.19. The number of rotatable bonds is 3. The summed E-state index contributed by atoms with van der Waals surface area (Å²) in [5, 5.41) is 13.2. The zero-order valence-electron chi connectivity index (χ0n) is 11.6. The first-order valence-corrected chi connectivity index (χ1v) is 7.24. The smallest absolute Gasteiger partial charge is 0.338 e. The van der Waals surface area contributed by atoms with Crippen LogP contribution in [0.4, 0.5) is 0 Å². The fourth-order valence-corrected chi connectivity index (χ4v) is 2.71. The average molecular weight is 324 g/mol. The molecule has 3 heterocycles. The second-order valence-corrected chi connectivity index (χ2v) is 5.51. The van der Waals surface area contributed by atoms with Crippen molar-refractivity contribution in [3.63, 3.8) is 0 Å². The van der Waals surface area contributed by atoms with Crippen LogP contribution in [0, 0.1) is 0 Å². The monoisotopic (exact) mass is 323 g/mol. The van der Waals surface area contributed by atoms with Gasteiger partial charge in [-0.15, -0.1) is 0 Å². The molecule has 1 aliphatic rings. The molecule has 0 radical (unpaired) electrons. The Balaban J connectivity index is 1.62. The van der Waals surface area contributed by atoms with Gasteiger partial charge in [-0.25, -0.2) is 4.79 Å². The van der Waals surface area contributed by atoms with Crippen molar-refractivity contribution in [3.8, 4) is 0 Å². The Hall–Kier alpha value is -2.28. The summed E-state index contributed by atoms with van der Waals surface area (Å²) in [4.78, 5) is 24.8. The lowest BCUT2D eigenvalue weighted by molar-refractivity contribution is 0.0658. The minimum Gasteiger partial charge on any atom is -0.478 e. The fourth-order valence-electron chi connectivity index (χ4n) is 2.57. The predicted octanol–water partition coefficient (Wildman–Crippen LogP) is 2.31. The van der Waals surface area contributed by atoms with Crippen molar-refractivity contribution in [2.45, 2.75) is 18.9 Å². The van der Waals surface area contributed by atoms with Gasteiger partial charge in [0.2, 0.25) is 0 Å². The zero-order valence-corrected chi connectivity index (χ0v) is 12.4. The normalized spacial score (nSPS) is 16.0. The van der Waals surface area contributed by atoms with E-state index in [-0.39, 0.29) is 28.5 Å². The number of piperidine rings is 1. The largest absolute Gasteiger partial charge is 0.478 e. The van der Waals surface area contributed by atoms with E-state index in [1.807, 2.05) is 0 Å². The van der Waals surface area contributed by atoms with E-state index >= 15 is 0 Å². The molecule has 1 fully saturated rings. The third kappa shape index (κ3) is 2.85. The lowest BCUT2D eigenvalue weighted by atomic mass is 10.1. The maximum Gasteiger partial charge on any atom is 0.338 e. The summed E-state index contributed by atoms with van der Waals surface area (Å²) in [5.74, 6) is -0.943. The quantitative estimate of drug-likeness (QED) is 0.936. The summed E-state index contributed by atoms with van der Waals surface area (Å²) < 4.78 is 6.79. The molecule has 0 saturated carbocycles. The second kappa shape index (κ2) is 5.84. The summed E-state index contributed by atoms with van der Waals surface area (Å²) in [5.41, 5.74) is 0.170. The van der Waals surface area contributed by atoms with Crippen LogP contribution in [-0.4, -0.2) is 44.8 Å². The van der Waals surface area contributed by atoms with Crippen molar-refractivity contribution in [2.24, 2.45) is 0 Å². The first kappa shape index (κ1) is 14.6. The number of nitrogens with zero attached hydrogens (tertiary/aromatic N) is 3. The highest BCUT2D eigenvalue weighted by Gasteiger charge is 2.26. The molecule has 0 atom stereocenters. The molecular weight excluding hydrogens is 310 g/mol. The molecule has 0 aromatic carbocycles. The first-order chi connectivity index (χ1) is 10.5. The molecule has 1 saturated heterocycles. The van der Waals surface area contributed by atoms with Gasteiger partial charge >= 0.3 is 5.97 Å². The zero-order chi connectivity index (χ0) is 15.7. The van der Waals surface area contributed by atoms with Crippen molar-refractivity contribution in [1.29, 1.82) is 0 Å². The average Bonchev–Trinajstić information content (AvgIpc) is 3.16. The molecule has 8 heteroatoms. The van der Waals surface area contributed by atoms with E-state index in [1.54, 1.807) is 21.7 Å². The van der Waals surface area contributed by atoms with E-state index in [0.29, 0.717) is 25.9 Å². The van der Waals surface area contributed by atoms with Crippen LogP contribution in [0.5, 0.6) is 0 Å². The lowest BCUT2D eigenvalue weighted by Crippen LogP contribution is -2.39. The molecule has 116 valence electrons. The number of aromatic carboxylic acids is 1. The Kier molecular flexibility index (Phi) is 3.89. The van der Waals surface area contributed by atoms with Gasteiger partial charge in [-0.1, -0.05) is 0 Å². The standard InChI is InChI=1S/C14H14ClN3O4/c15-12-2-1-11(22-12)13(19)17-5-3-10(4-6-17)18-8-9(7-16-18)14(20)21/h1-2,7-8,10H,3-6H2,(H,20,21). The lowest BCUT2D eigenvalue weighted by Gasteiger charge is -2.31. The van der Waals surface area contributed by atoms with Crippen molar-refractivity contribution in [3.05, 3.63) is 41.1 Å². The van der Waals surface area contributed by atoms with Crippen molar-refractivity contribution < 1.29 is 19.1 Å². The van der Waals surface area contributed by atoms with Crippen LogP contribution in [0.25, 0.3) is 0 Å². The number of likely N-dealkylation sites (tertiary alicyclic amines) is 1. The van der Waals surface area contributed by atoms with Crippen LogP contribution in [0.2, 0.25) is 5.22 Å². The molecule has 1 aliphatic heterocycles. The number of aromatic nitrogens is 2. The van der Waals surface area contributed by atoms with Gasteiger partial charge in [0.05, 0.1) is 17.8 Å². The molecule has 1 N–H and O–H groups in total. The van der Waals surface area contributed by atoms with Gasteiger partial charge in [0.15, 0.2) is 11.0 Å². The highest BCUT2D eigenvalue weighted by atomic mass is 35.5. The van der Waals surface area contributed by atoms with E-state index in [1.165, 1.54) is 12.4 Å². The fraction of sp³-hybridized carbons (Fsp3) is 0.357. The Morgan fingerprint density at radius 2 is 2.05 bits per heavy atom. The van der Waals surface area contributed by atoms with Crippen LogP contribution in [0.1, 0.15) is 39.8 Å². The maximum atomic E-state index is 12.2. The van der Waals surface area contributed by atoms with E-state index in [4.69, 9.17) is 21.1 Å². The first-order valence-electron chi connectivity index (χ1n) is 6.86. The molecule has 2 aromatic heterocycles. The van der Waals surface area contributed by atoms with Crippen molar-refractivity contribution >= 4 is 23.5 Å². The van der Waals surface area contributed by atoms with Gasteiger partial charge < -0.3 is 14.4 Å². The Bertz CT molecular complexity index is 701. The molecule has 3 rings (SSSR count). The van der Waals surface area contributed by atoms with E-state index in [0.717, 1.165) is 0 Å². The van der Waals surface area contributed by atoms with Crippen molar-refractivity contribution in [2.75, 3.05) is 13.1 Å². The molecule has 0 spiro atoms. The number of carbonyl (C=O) groups is 2. The maximum absolute atomic E-state index is 12.2. The number of furan rings is 1. The number of carboxylic acids is 1. The minimum atomic E-state index is -0.992. The number of amides is 1. The molecular formula is C14H14ClN3O4. The number of carbonyl (C=O) groups excluding carboxylic acids is 1. The van der Waals surface area contributed by atoms with Crippen LogP contribution < -0.4 is 0 Å². The number of hydrogen-bond donors (Lipinski definition) is 1. The Morgan fingerprint density at radius 3 is 2.59 bits per heavy atom. The van der Waals surface area contributed by atoms with Gasteiger partial charge in [-0.3, -0.25) is 9.48 Å². The summed E-state index contributed by atoms with van der Waals surface area (Å²) >= 11 is 5.68. The molecule has 1 amide bonds. The highest BCUT2D eigenvalue weighted by molar-refractivity contribution is 6.29. The molecule has 22 heavy (non-hydrogen) atoms. The third-order valence-corrected chi connectivity index (χ3v) is 3.96. The van der Waals surface area contributed by atoms with Crippen LogP contribution in [0.15, 0.2) is 28.9 Å². The van der Waals surface area contributed by atoms with Crippen molar-refractivity contribution in [1.82, 2.24) is 14.7 Å². The Labute approximate surface area is 131 Å². The van der Waals surface area contributed by atoms with E-state index in [2.05, 4.69) is 5.10 Å². The van der Waals surface area contributed by atoms with Gasteiger partial charge in [0, 0.05) is 19.3 Å². The number of hydrogen-bond acceptors (Lipinski definition) is 4. The number of halogens is 1. The minimum absolute atomic E-state index is 0.0948. The predicted molar refractivity (Wildman–Crippen MR) is 77.1 cm³/mol. The van der Waals surface area contributed by atoms with E-state index in [9.17, 15) is 9.59 Å². The van der Waals surface area contributed by atoms with Gasteiger partial charge in [-0.2, -0.15) is 5.10 Å². The summed E-state index contributed by atoms with van der Waals surface area (Å²) in [7, 11) is 0. The van der Waals surface area contributed by atoms with Gasteiger partial charge in [0.1, 0.15) is 0 Å². The molecule has 0 aliphatic carbocycles. The molecule has 7 nitrogen and oxygen atoms in total. The van der Waals surface area contributed by atoms with Crippen LogP contribution in [0.3, 0.4) is 0 Å². The van der Waals surface area contributed by atoms with Crippen LogP contribution >= 0.6 is 11.6 Å². The SMILES string of the molecule is O=C(O)c1cnn(C2CCN(C(=O)c3ccc(Cl)o3)CC2)c1. The number of carboxylic acid groups (broad SMARTS) is 1. The molecule has 2 aromatic rings. The summed E-state index contributed by atoms with van der Waals surface area (Å²) in [6.07, 6.45) is 4.28. The van der Waals surface area contributed by atoms with Crippen LogP contribution in [-0.2, 0) is 0 Å². The van der Waals surface area contributed by atoms with Gasteiger partial charge in [-0.05, 0) is 36.6 Å². The van der Waals surface area contributed by atoms with E-state index < -0.39 is 5.97 Å². The third-order valence-electron chi connectivity index (χ3n) is 3.76. The molecule has 0 bridgehead atoms. The summed E-state index contributed by atoms with van der Waals surface area (Å²) in [6.45, 7) is 1.12. The van der Waals surface area contributed by atoms with Gasteiger partial charge in [0.25, 0.3) is 5.91 Å². The molecule has 0 unspecified atom stereocenters. The topological polar surface area (TPSA) is 88.6 Å². The second-order valence-electron chi connectivity index (χ2n) is 5.14.